The minimum absolute atomic E-state index is 0.00725. The van der Waals surface area contributed by atoms with Gasteiger partial charge in [-0.2, -0.15) is 0 Å². The fraction of sp³-hybridized carbons (Fsp3) is 0.333. The molecule has 0 bridgehead atoms. The number of ether oxygens (including phenoxy) is 1. The van der Waals surface area contributed by atoms with Gasteiger partial charge in [-0.3, -0.25) is 4.79 Å². The summed E-state index contributed by atoms with van der Waals surface area (Å²) in [7, 11) is 0. The Morgan fingerprint density at radius 1 is 1.10 bits per heavy atom. The van der Waals surface area contributed by atoms with Crippen molar-refractivity contribution in [3.63, 3.8) is 0 Å². The number of hydrogen-bond acceptors (Lipinski definition) is 5. The van der Waals surface area contributed by atoms with Crippen molar-refractivity contribution < 1.29 is 9.53 Å². The molecule has 0 radical (unpaired) electrons. The number of carbonyl (C=O) groups excluding carboxylic acids is 1. The molecule has 2 aromatic heterocycles. The molecule has 0 amide bonds. The SMILES string of the molecule is C=CC(=O)Cc1cc(-c2c(-c3cccc(OCCCN4CCN(CC)CC4)c3)[nH]c3nccc(Cl)c23)ccc1C. The van der Waals surface area contributed by atoms with Crippen LogP contribution in [0.3, 0.4) is 0 Å². The number of nitrogens with zero attached hydrogens (tertiary/aromatic N) is 3. The monoisotopic (exact) mass is 556 g/mol. The quantitative estimate of drug-likeness (QED) is 0.167. The van der Waals surface area contributed by atoms with Gasteiger partial charge in [0.1, 0.15) is 11.4 Å². The second-order valence-electron chi connectivity index (χ2n) is 10.4. The molecule has 0 spiro atoms. The van der Waals surface area contributed by atoms with E-state index >= 15 is 0 Å². The van der Waals surface area contributed by atoms with Crippen LogP contribution in [0.5, 0.6) is 5.75 Å². The highest BCUT2D eigenvalue weighted by Gasteiger charge is 2.20. The lowest BCUT2D eigenvalue weighted by atomic mass is 9.94. The van der Waals surface area contributed by atoms with Gasteiger partial charge in [0, 0.05) is 61.9 Å². The average molecular weight is 557 g/mol. The molecule has 40 heavy (non-hydrogen) atoms. The smallest absolute Gasteiger partial charge is 0.159 e. The Kier molecular flexibility index (Phi) is 9.00. The van der Waals surface area contributed by atoms with Crippen molar-refractivity contribution in [1.82, 2.24) is 19.8 Å². The number of aromatic amines is 1. The first-order valence-corrected chi connectivity index (χ1v) is 14.4. The number of allylic oxidation sites excluding steroid dienone is 1. The summed E-state index contributed by atoms with van der Waals surface area (Å²) >= 11 is 6.73. The molecule has 208 valence electrons. The molecule has 1 N–H and O–H groups in total. The maximum atomic E-state index is 12.2. The summed E-state index contributed by atoms with van der Waals surface area (Å²) in [5.74, 6) is 0.824. The molecule has 1 saturated heterocycles. The molecular weight excluding hydrogens is 520 g/mol. The molecule has 1 aliphatic rings. The summed E-state index contributed by atoms with van der Waals surface area (Å²) in [6, 6.07) is 16.2. The lowest BCUT2D eigenvalue weighted by Gasteiger charge is -2.33. The average Bonchev–Trinajstić information content (AvgIpc) is 3.38. The summed E-state index contributed by atoms with van der Waals surface area (Å²) < 4.78 is 6.20. The van der Waals surface area contributed by atoms with E-state index < -0.39 is 0 Å². The number of H-pyrrole nitrogens is 1. The highest BCUT2D eigenvalue weighted by molar-refractivity contribution is 6.36. The Hall–Kier alpha value is -3.45. The number of rotatable bonds is 11. The summed E-state index contributed by atoms with van der Waals surface area (Å²) in [5.41, 5.74) is 6.59. The van der Waals surface area contributed by atoms with Crippen molar-refractivity contribution in [2.24, 2.45) is 0 Å². The molecular formula is C33H37ClN4O2. The van der Waals surface area contributed by atoms with Crippen molar-refractivity contribution >= 4 is 28.4 Å². The first kappa shape index (κ1) is 28.1. The Morgan fingerprint density at radius 2 is 1.90 bits per heavy atom. The first-order chi connectivity index (χ1) is 19.5. The third kappa shape index (κ3) is 6.30. The van der Waals surface area contributed by atoms with Crippen molar-refractivity contribution in [2.45, 2.75) is 26.7 Å². The largest absolute Gasteiger partial charge is 0.494 e. The van der Waals surface area contributed by atoms with Crippen molar-refractivity contribution in [1.29, 1.82) is 0 Å². The van der Waals surface area contributed by atoms with Crippen LogP contribution in [0.2, 0.25) is 5.02 Å². The second-order valence-corrected chi connectivity index (χ2v) is 10.8. The molecule has 0 aliphatic carbocycles. The number of aryl methyl sites for hydroxylation is 1. The van der Waals surface area contributed by atoms with E-state index in [0.29, 0.717) is 18.1 Å². The molecule has 0 atom stereocenters. The van der Waals surface area contributed by atoms with Crippen LogP contribution in [0.15, 0.2) is 67.4 Å². The molecule has 1 aliphatic heterocycles. The van der Waals surface area contributed by atoms with Crippen LogP contribution in [0.1, 0.15) is 24.5 Å². The van der Waals surface area contributed by atoms with E-state index in [9.17, 15) is 4.79 Å². The number of halogens is 1. The van der Waals surface area contributed by atoms with Crippen LogP contribution in [-0.2, 0) is 11.2 Å². The van der Waals surface area contributed by atoms with Gasteiger partial charge < -0.3 is 19.5 Å². The fourth-order valence-corrected chi connectivity index (χ4v) is 5.65. The maximum absolute atomic E-state index is 12.2. The van der Waals surface area contributed by atoms with Gasteiger partial charge in [0.25, 0.3) is 0 Å². The van der Waals surface area contributed by atoms with Gasteiger partial charge in [0.2, 0.25) is 0 Å². The molecule has 6 nitrogen and oxygen atoms in total. The zero-order chi connectivity index (χ0) is 28.1. The summed E-state index contributed by atoms with van der Waals surface area (Å²) in [6.07, 6.45) is 4.38. The van der Waals surface area contributed by atoms with E-state index in [0.717, 1.165) is 96.0 Å². The fourth-order valence-electron chi connectivity index (χ4n) is 5.41. The Labute approximate surface area is 241 Å². The molecule has 0 saturated carbocycles. The number of likely N-dealkylation sites (N-methyl/N-ethyl adjacent to an activating group) is 1. The van der Waals surface area contributed by atoms with Crippen LogP contribution in [0.4, 0.5) is 0 Å². The Morgan fingerprint density at radius 3 is 2.67 bits per heavy atom. The minimum atomic E-state index is -0.00725. The van der Waals surface area contributed by atoms with Gasteiger partial charge in [0.05, 0.1) is 17.3 Å². The van der Waals surface area contributed by atoms with Crippen molar-refractivity contribution in [2.75, 3.05) is 45.9 Å². The van der Waals surface area contributed by atoms with Crippen LogP contribution >= 0.6 is 11.6 Å². The summed E-state index contributed by atoms with van der Waals surface area (Å²) in [6.45, 7) is 15.3. The number of carbonyl (C=O) groups is 1. The molecule has 3 heterocycles. The van der Waals surface area contributed by atoms with Crippen LogP contribution in [-0.4, -0.2) is 71.4 Å². The number of piperazine rings is 1. The van der Waals surface area contributed by atoms with Gasteiger partial charge in [-0.15, -0.1) is 0 Å². The third-order valence-electron chi connectivity index (χ3n) is 7.80. The van der Waals surface area contributed by atoms with Crippen molar-refractivity contribution in [3.8, 4) is 28.1 Å². The maximum Gasteiger partial charge on any atom is 0.159 e. The number of hydrogen-bond donors (Lipinski definition) is 1. The highest BCUT2D eigenvalue weighted by atomic mass is 35.5. The van der Waals surface area contributed by atoms with Gasteiger partial charge >= 0.3 is 0 Å². The molecule has 5 rings (SSSR count). The van der Waals surface area contributed by atoms with Gasteiger partial charge in [-0.25, -0.2) is 4.98 Å². The predicted octanol–water partition coefficient (Wildman–Crippen LogP) is 6.56. The van der Waals surface area contributed by atoms with Gasteiger partial charge in [0.15, 0.2) is 5.78 Å². The number of ketones is 1. The molecule has 0 unspecified atom stereocenters. The van der Waals surface area contributed by atoms with Crippen molar-refractivity contribution in [3.05, 3.63) is 83.5 Å². The Balaban J connectivity index is 1.40. The van der Waals surface area contributed by atoms with Crippen LogP contribution < -0.4 is 4.74 Å². The zero-order valence-electron chi connectivity index (χ0n) is 23.4. The van der Waals surface area contributed by atoms with E-state index in [1.165, 1.54) is 6.08 Å². The van der Waals surface area contributed by atoms with E-state index in [4.69, 9.17) is 16.3 Å². The second kappa shape index (κ2) is 12.8. The lowest BCUT2D eigenvalue weighted by Crippen LogP contribution is -2.46. The number of nitrogens with one attached hydrogen (secondary N) is 1. The van der Waals surface area contributed by atoms with Gasteiger partial charge in [-0.1, -0.05) is 55.4 Å². The van der Waals surface area contributed by atoms with E-state index in [-0.39, 0.29) is 5.78 Å². The first-order valence-electron chi connectivity index (χ1n) is 14.1. The zero-order valence-corrected chi connectivity index (χ0v) is 24.1. The standard InChI is InChI=1S/C33H37ClN4O2/c1-4-27(39)21-26-20-24(11-10-23(26)3)30-31-29(34)12-13-35-33(31)36-32(30)25-8-6-9-28(22-25)40-19-7-14-38-17-15-37(5-2)16-18-38/h4,6,8-13,20,22H,1,5,7,14-19,21H2,2-3H3,(H,35,36). The number of aromatic nitrogens is 2. The summed E-state index contributed by atoms with van der Waals surface area (Å²) in [5, 5.41) is 1.48. The van der Waals surface area contributed by atoms with E-state index in [1.807, 2.05) is 25.1 Å². The molecule has 4 aromatic rings. The minimum Gasteiger partial charge on any atom is -0.494 e. The van der Waals surface area contributed by atoms with E-state index in [2.05, 4.69) is 63.6 Å². The third-order valence-corrected chi connectivity index (χ3v) is 8.11. The summed E-state index contributed by atoms with van der Waals surface area (Å²) in [4.78, 5) is 25.3. The normalized spacial score (nSPS) is 14.5. The molecule has 7 heteroatoms. The number of pyridine rings is 1. The van der Waals surface area contributed by atoms with Crippen LogP contribution in [0, 0.1) is 6.92 Å². The van der Waals surface area contributed by atoms with E-state index in [1.54, 1.807) is 6.20 Å². The highest BCUT2D eigenvalue weighted by Crippen LogP contribution is 2.41. The van der Waals surface area contributed by atoms with Gasteiger partial charge in [-0.05, 0) is 60.9 Å². The Bertz CT molecular complexity index is 1500. The van der Waals surface area contributed by atoms with Crippen LogP contribution in [0.25, 0.3) is 33.4 Å². The lowest BCUT2D eigenvalue weighted by molar-refractivity contribution is -0.114. The number of benzene rings is 2. The predicted molar refractivity (Wildman–Crippen MR) is 164 cm³/mol. The molecule has 1 fully saturated rings. The number of fused-ring (bicyclic) bond motifs is 1. The molecule has 2 aromatic carbocycles. The topological polar surface area (TPSA) is 61.5 Å².